The van der Waals surface area contributed by atoms with Crippen LogP contribution < -0.4 is 0 Å². The Hall–Kier alpha value is -1.28. The van der Waals surface area contributed by atoms with Gasteiger partial charge in [-0.3, -0.25) is 0 Å². The summed E-state index contributed by atoms with van der Waals surface area (Å²) in [6, 6.07) is 7.38. The first-order valence-electron chi connectivity index (χ1n) is 4.30. The van der Waals surface area contributed by atoms with Crippen molar-refractivity contribution in [2.75, 3.05) is 6.61 Å². The Kier molecular flexibility index (Phi) is 2.30. The maximum absolute atomic E-state index is 11.1. The quantitative estimate of drug-likeness (QED) is 0.524. The lowest BCUT2D eigenvalue weighted by molar-refractivity contribution is -0.135. The SMILES string of the molecule is C=C1C(=O)OCC1c1ccc(Cl)cc1. The number of hydrogen-bond acceptors (Lipinski definition) is 2. The number of carbonyl (C=O) groups excluding carboxylic acids is 1. The predicted octanol–water partition coefficient (Wildman–Crippen LogP) is 2.54. The minimum Gasteiger partial charge on any atom is -0.461 e. The molecule has 1 aromatic rings. The van der Waals surface area contributed by atoms with Gasteiger partial charge in [-0.15, -0.1) is 0 Å². The minimum atomic E-state index is -0.301. The number of ether oxygens (including phenoxy) is 1. The van der Waals surface area contributed by atoms with Crippen molar-refractivity contribution in [3.8, 4) is 0 Å². The molecule has 1 aliphatic rings. The van der Waals surface area contributed by atoms with E-state index in [0.717, 1.165) is 5.56 Å². The van der Waals surface area contributed by atoms with Crippen LogP contribution in [0.3, 0.4) is 0 Å². The van der Waals surface area contributed by atoms with Crippen LogP contribution in [0.15, 0.2) is 36.4 Å². The van der Waals surface area contributed by atoms with Crippen molar-refractivity contribution < 1.29 is 9.53 Å². The molecule has 72 valence electrons. The van der Waals surface area contributed by atoms with Crippen molar-refractivity contribution in [1.29, 1.82) is 0 Å². The molecule has 1 heterocycles. The molecule has 0 N–H and O–H groups in total. The summed E-state index contributed by atoms with van der Waals surface area (Å²) in [5.74, 6) is -0.315. The molecule has 0 radical (unpaired) electrons. The van der Waals surface area contributed by atoms with Crippen molar-refractivity contribution in [3.63, 3.8) is 0 Å². The lowest BCUT2D eigenvalue weighted by Crippen LogP contribution is -2.00. The van der Waals surface area contributed by atoms with Crippen molar-refractivity contribution in [2.45, 2.75) is 5.92 Å². The maximum Gasteiger partial charge on any atom is 0.334 e. The number of hydrogen-bond donors (Lipinski definition) is 0. The highest BCUT2D eigenvalue weighted by Gasteiger charge is 2.29. The van der Waals surface area contributed by atoms with E-state index in [9.17, 15) is 4.79 Å². The molecule has 1 unspecified atom stereocenters. The predicted molar refractivity (Wildman–Crippen MR) is 54.3 cm³/mol. The first-order chi connectivity index (χ1) is 6.68. The topological polar surface area (TPSA) is 26.3 Å². The highest BCUT2D eigenvalue weighted by atomic mass is 35.5. The van der Waals surface area contributed by atoms with Crippen LogP contribution in [0, 0.1) is 0 Å². The number of benzene rings is 1. The summed E-state index contributed by atoms with van der Waals surface area (Å²) in [6.07, 6.45) is 0. The highest BCUT2D eigenvalue weighted by Crippen LogP contribution is 2.30. The molecule has 1 aromatic carbocycles. The van der Waals surface area contributed by atoms with Gasteiger partial charge >= 0.3 is 5.97 Å². The Bertz CT molecular complexity index is 381. The smallest absolute Gasteiger partial charge is 0.334 e. The van der Waals surface area contributed by atoms with E-state index < -0.39 is 0 Å². The number of esters is 1. The molecule has 3 heteroatoms. The fourth-order valence-corrected chi connectivity index (χ4v) is 1.61. The van der Waals surface area contributed by atoms with Gasteiger partial charge in [0, 0.05) is 16.5 Å². The number of rotatable bonds is 1. The first-order valence-corrected chi connectivity index (χ1v) is 4.67. The second kappa shape index (κ2) is 3.46. The Morgan fingerprint density at radius 3 is 2.50 bits per heavy atom. The molecule has 0 amide bonds. The zero-order valence-electron chi connectivity index (χ0n) is 7.50. The van der Waals surface area contributed by atoms with E-state index in [2.05, 4.69) is 6.58 Å². The zero-order chi connectivity index (χ0) is 10.1. The third-order valence-electron chi connectivity index (χ3n) is 2.34. The molecule has 0 aliphatic carbocycles. The summed E-state index contributed by atoms with van der Waals surface area (Å²) < 4.78 is 4.89. The van der Waals surface area contributed by atoms with Crippen LogP contribution in [0.25, 0.3) is 0 Å². The van der Waals surface area contributed by atoms with Crippen LogP contribution in [0.5, 0.6) is 0 Å². The van der Waals surface area contributed by atoms with Gasteiger partial charge in [0.05, 0.1) is 0 Å². The summed E-state index contributed by atoms with van der Waals surface area (Å²) in [7, 11) is 0. The fraction of sp³-hybridized carbons (Fsp3) is 0.182. The fourth-order valence-electron chi connectivity index (χ4n) is 1.49. The summed E-state index contributed by atoms with van der Waals surface area (Å²) in [5.41, 5.74) is 1.54. The van der Waals surface area contributed by atoms with E-state index in [-0.39, 0.29) is 11.9 Å². The minimum absolute atomic E-state index is 0.0141. The van der Waals surface area contributed by atoms with Crippen molar-refractivity contribution in [2.24, 2.45) is 0 Å². The van der Waals surface area contributed by atoms with Crippen LogP contribution >= 0.6 is 11.6 Å². The van der Waals surface area contributed by atoms with E-state index in [4.69, 9.17) is 16.3 Å². The summed E-state index contributed by atoms with van der Waals surface area (Å²) in [5, 5.41) is 0.685. The Labute approximate surface area is 87.1 Å². The van der Waals surface area contributed by atoms with Gasteiger partial charge in [0.15, 0.2) is 0 Å². The number of cyclic esters (lactones) is 1. The first kappa shape index (κ1) is 9.28. The van der Waals surface area contributed by atoms with Gasteiger partial charge in [0.2, 0.25) is 0 Å². The number of carbonyl (C=O) groups is 1. The molecular weight excluding hydrogens is 200 g/mol. The molecule has 14 heavy (non-hydrogen) atoms. The standard InChI is InChI=1S/C11H9ClO2/c1-7-10(6-14-11(7)13)8-2-4-9(12)5-3-8/h2-5,10H,1,6H2. The number of halogens is 1. The van der Waals surface area contributed by atoms with Crippen LogP contribution in [0.4, 0.5) is 0 Å². The molecule has 0 spiro atoms. The maximum atomic E-state index is 11.1. The molecule has 1 atom stereocenters. The molecule has 2 nitrogen and oxygen atoms in total. The normalized spacial score (nSPS) is 21.1. The lowest BCUT2D eigenvalue weighted by Gasteiger charge is -2.06. The average molecular weight is 209 g/mol. The highest BCUT2D eigenvalue weighted by molar-refractivity contribution is 6.30. The summed E-state index contributed by atoms with van der Waals surface area (Å²) in [6.45, 7) is 4.10. The van der Waals surface area contributed by atoms with E-state index in [1.165, 1.54) is 0 Å². The Morgan fingerprint density at radius 2 is 2.00 bits per heavy atom. The van der Waals surface area contributed by atoms with Crippen molar-refractivity contribution in [1.82, 2.24) is 0 Å². The van der Waals surface area contributed by atoms with Gasteiger partial charge in [-0.1, -0.05) is 30.3 Å². The van der Waals surface area contributed by atoms with E-state index in [1.54, 1.807) is 12.1 Å². The van der Waals surface area contributed by atoms with Gasteiger partial charge in [-0.25, -0.2) is 4.79 Å². The third kappa shape index (κ3) is 1.53. The Morgan fingerprint density at radius 1 is 1.36 bits per heavy atom. The molecule has 2 rings (SSSR count). The van der Waals surface area contributed by atoms with Gasteiger partial charge in [-0.05, 0) is 17.7 Å². The second-order valence-corrected chi connectivity index (χ2v) is 3.66. The van der Waals surface area contributed by atoms with Gasteiger partial charge in [-0.2, -0.15) is 0 Å². The van der Waals surface area contributed by atoms with Crippen LogP contribution in [-0.2, 0) is 9.53 Å². The van der Waals surface area contributed by atoms with Crippen LogP contribution in [0.1, 0.15) is 11.5 Å². The monoisotopic (exact) mass is 208 g/mol. The Balaban J connectivity index is 2.28. The summed E-state index contributed by atoms with van der Waals surface area (Å²) in [4.78, 5) is 11.1. The summed E-state index contributed by atoms with van der Waals surface area (Å²) >= 11 is 5.76. The molecule has 1 fully saturated rings. The molecular formula is C11H9ClO2. The zero-order valence-corrected chi connectivity index (χ0v) is 8.25. The van der Waals surface area contributed by atoms with E-state index in [1.807, 2.05) is 12.1 Å². The molecule has 0 bridgehead atoms. The largest absolute Gasteiger partial charge is 0.461 e. The lowest BCUT2D eigenvalue weighted by atomic mass is 9.95. The second-order valence-electron chi connectivity index (χ2n) is 3.23. The van der Waals surface area contributed by atoms with E-state index >= 15 is 0 Å². The van der Waals surface area contributed by atoms with Crippen LogP contribution in [-0.4, -0.2) is 12.6 Å². The molecule has 0 aromatic heterocycles. The van der Waals surface area contributed by atoms with Crippen LogP contribution in [0.2, 0.25) is 5.02 Å². The third-order valence-corrected chi connectivity index (χ3v) is 2.59. The van der Waals surface area contributed by atoms with E-state index in [0.29, 0.717) is 17.2 Å². The van der Waals surface area contributed by atoms with Gasteiger partial charge < -0.3 is 4.74 Å². The van der Waals surface area contributed by atoms with Crippen molar-refractivity contribution in [3.05, 3.63) is 47.0 Å². The molecule has 1 aliphatic heterocycles. The van der Waals surface area contributed by atoms with Gasteiger partial charge in [0.25, 0.3) is 0 Å². The molecule has 1 saturated heterocycles. The molecule has 0 saturated carbocycles. The van der Waals surface area contributed by atoms with Crippen molar-refractivity contribution >= 4 is 17.6 Å². The van der Waals surface area contributed by atoms with Gasteiger partial charge in [0.1, 0.15) is 6.61 Å². The average Bonchev–Trinajstić information content (AvgIpc) is 2.50.